The van der Waals surface area contributed by atoms with E-state index in [1.807, 2.05) is 48.2 Å². The van der Waals surface area contributed by atoms with E-state index in [4.69, 9.17) is 4.74 Å². The molecule has 2 aromatic rings. The van der Waals surface area contributed by atoms with Crippen molar-refractivity contribution in [1.82, 2.24) is 4.90 Å². The fourth-order valence-corrected chi connectivity index (χ4v) is 4.04. The molecule has 0 saturated carbocycles. The van der Waals surface area contributed by atoms with Crippen molar-refractivity contribution in [1.29, 1.82) is 0 Å². The molecule has 27 heavy (non-hydrogen) atoms. The van der Waals surface area contributed by atoms with Gasteiger partial charge < -0.3 is 9.64 Å². The molecule has 1 heterocycles. The molecule has 1 aliphatic carbocycles. The summed E-state index contributed by atoms with van der Waals surface area (Å²) in [6.07, 6.45) is 3.67. The predicted octanol–water partition coefficient (Wildman–Crippen LogP) is 4.12. The van der Waals surface area contributed by atoms with E-state index >= 15 is 0 Å². The number of amides is 1. The minimum atomic E-state index is 0.0474. The zero-order valence-electron chi connectivity index (χ0n) is 15.7. The number of hydrogen-bond acceptors (Lipinski definition) is 3. The molecule has 1 amide bonds. The summed E-state index contributed by atoms with van der Waals surface area (Å²) in [5.74, 6) is 0.277. The van der Waals surface area contributed by atoms with Crippen LogP contribution in [0.1, 0.15) is 52.5 Å². The second kappa shape index (κ2) is 7.65. The Labute approximate surface area is 160 Å². The van der Waals surface area contributed by atoms with Crippen LogP contribution in [0, 0.1) is 0 Å². The monoisotopic (exact) mass is 363 g/mol. The van der Waals surface area contributed by atoms with E-state index in [2.05, 4.69) is 6.07 Å². The third-order valence-corrected chi connectivity index (χ3v) is 5.59. The Kier molecular flexibility index (Phi) is 5.08. The van der Waals surface area contributed by atoms with Crippen LogP contribution in [-0.2, 0) is 11.2 Å². The Hall–Kier alpha value is -2.46. The predicted molar refractivity (Wildman–Crippen MR) is 105 cm³/mol. The molecule has 0 bridgehead atoms. The fourth-order valence-electron chi connectivity index (χ4n) is 4.04. The summed E-state index contributed by atoms with van der Waals surface area (Å²) in [6.45, 7) is 4.13. The number of hydrogen-bond donors (Lipinski definition) is 0. The van der Waals surface area contributed by atoms with Crippen molar-refractivity contribution < 1.29 is 14.3 Å². The molecule has 4 nitrogen and oxygen atoms in total. The van der Waals surface area contributed by atoms with Gasteiger partial charge in [0.05, 0.1) is 6.10 Å². The maximum absolute atomic E-state index is 13.0. The number of Topliss-reactive ketones (excluding diaryl/α,β-unsaturated/α-hetero) is 1. The molecule has 0 spiro atoms. The SMILES string of the molecule is CCN(CC1CCCO1)C(=O)c1cccc(-c2ccc3c(c2)CCC3=O)c1. The summed E-state index contributed by atoms with van der Waals surface area (Å²) < 4.78 is 5.69. The van der Waals surface area contributed by atoms with Gasteiger partial charge in [-0.1, -0.05) is 30.3 Å². The average Bonchev–Trinajstić information content (AvgIpc) is 3.35. The van der Waals surface area contributed by atoms with E-state index in [-0.39, 0.29) is 17.8 Å². The Morgan fingerprint density at radius 1 is 1.15 bits per heavy atom. The lowest BCUT2D eigenvalue weighted by atomic mass is 9.98. The third kappa shape index (κ3) is 3.67. The first-order valence-electron chi connectivity index (χ1n) is 9.83. The number of ketones is 1. The van der Waals surface area contributed by atoms with Gasteiger partial charge in [0.15, 0.2) is 5.78 Å². The number of ether oxygens (including phenoxy) is 1. The maximum atomic E-state index is 13.0. The third-order valence-electron chi connectivity index (χ3n) is 5.59. The highest BCUT2D eigenvalue weighted by Gasteiger charge is 2.23. The molecule has 4 rings (SSSR count). The summed E-state index contributed by atoms with van der Waals surface area (Å²) >= 11 is 0. The Morgan fingerprint density at radius 2 is 2.00 bits per heavy atom. The van der Waals surface area contributed by atoms with E-state index in [0.29, 0.717) is 25.1 Å². The van der Waals surface area contributed by atoms with Gasteiger partial charge in [0.1, 0.15) is 0 Å². The molecule has 1 aliphatic heterocycles. The van der Waals surface area contributed by atoms with Crippen LogP contribution in [-0.4, -0.2) is 42.4 Å². The number of likely N-dealkylation sites (N-methyl/N-ethyl adjacent to an activating group) is 1. The lowest BCUT2D eigenvalue weighted by molar-refractivity contribution is 0.0539. The molecule has 1 saturated heterocycles. The molecular formula is C23H25NO3. The van der Waals surface area contributed by atoms with E-state index in [1.165, 1.54) is 0 Å². The van der Waals surface area contributed by atoms with E-state index in [9.17, 15) is 9.59 Å². The summed E-state index contributed by atoms with van der Waals surface area (Å²) in [6, 6.07) is 13.8. The Bertz CT molecular complexity index is 868. The van der Waals surface area contributed by atoms with Crippen LogP contribution in [0.5, 0.6) is 0 Å². The number of nitrogens with zero attached hydrogens (tertiary/aromatic N) is 1. The molecule has 2 aliphatic rings. The standard InChI is InChI=1S/C23H25NO3/c1-2-24(15-20-7-4-12-27-20)23(26)19-6-3-5-16(14-19)17-8-10-21-18(13-17)9-11-22(21)25/h3,5-6,8,10,13-14,20H,2,4,7,9,11-12,15H2,1H3. The van der Waals surface area contributed by atoms with Crippen LogP contribution in [0.15, 0.2) is 42.5 Å². The van der Waals surface area contributed by atoms with Gasteiger partial charge in [-0.2, -0.15) is 0 Å². The number of carbonyl (C=O) groups excluding carboxylic acids is 2. The number of fused-ring (bicyclic) bond motifs is 1. The Morgan fingerprint density at radius 3 is 2.78 bits per heavy atom. The van der Waals surface area contributed by atoms with Gasteiger partial charge in [0.2, 0.25) is 0 Å². The second-order valence-electron chi connectivity index (χ2n) is 7.35. The first-order chi connectivity index (χ1) is 13.2. The number of carbonyl (C=O) groups is 2. The van der Waals surface area contributed by atoms with Crippen LogP contribution in [0.4, 0.5) is 0 Å². The van der Waals surface area contributed by atoms with E-state index < -0.39 is 0 Å². The molecule has 1 unspecified atom stereocenters. The molecule has 0 radical (unpaired) electrons. The molecule has 4 heteroatoms. The van der Waals surface area contributed by atoms with Crippen LogP contribution in [0.2, 0.25) is 0 Å². The molecule has 0 aromatic heterocycles. The van der Waals surface area contributed by atoms with Crippen LogP contribution < -0.4 is 0 Å². The minimum Gasteiger partial charge on any atom is -0.376 e. The van der Waals surface area contributed by atoms with Crippen molar-refractivity contribution in [2.75, 3.05) is 19.7 Å². The first kappa shape index (κ1) is 17.9. The molecule has 0 N–H and O–H groups in total. The smallest absolute Gasteiger partial charge is 0.253 e. The Balaban J connectivity index is 1.56. The normalized spacial score (nSPS) is 18.6. The first-order valence-corrected chi connectivity index (χ1v) is 9.83. The molecule has 1 fully saturated rings. The lowest BCUT2D eigenvalue weighted by Gasteiger charge is -2.24. The zero-order chi connectivity index (χ0) is 18.8. The molecule has 140 valence electrons. The number of aryl methyl sites for hydroxylation is 1. The maximum Gasteiger partial charge on any atom is 0.253 e. The van der Waals surface area contributed by atoms with Crippen LogP contribution >= 0.6 is 0 Å². The van der Waals surface area contributed by atoms with Crippen LogP contribution in [0.3, 0.4) is 0 Å². The lowest BCUT2D eigenvalue weighted by Crippen LogP contribution is -2.37. The van der Waals surface area contributed by atoms with Crippen molar-refractivity contribution in [2.24, 2.45) is 0 Å². The van der Waals surface area contributed by atoms with Gasteiger partial charge in [0, 0.05) is 37.2 Å². The van der Waals surface area contributed by atoms with Crippen molar-refractivity contribution in [2.45, 2.75) is 38.7 Å². The highest BCUT2D eigenvalue weighted by Crippen LogP contribution is 2.29. The van der Waals surface area contributed by atoms with Gasteiger partial charge >= 0.3 is 0 Å². The molecular weight excluding hydrogens is 338 g/mol. The van der Waals surface area contributed by atoms with Gasteiger partial charge in [-0.3, -0.25) is 9.59 Å². The average molecular weight is 363 g/mol. The largest absolute Gasteiger partial charge is 0.376 e. The van der Waals surface area contributed by atoms with Gasteiger partial charge in [-0.05, 0) is 55.0 Å². The fraction of sp³-hybridized carbons (Fsp3) is 0.391. The van der Waals surface area contributed by atoms with Gasteiger partial charge in [-0.25, -0.2) is 0 Å². The highest BCUT2D eigenvalue weighted by molar-refractivity contribution is 6.01. The molecule has 2 aromatic carbocycles. The van der Waals surface area contributed by atoms with Crippen molar-refractivity contribution in [3.8, 4) is 11.1 Å². The summed E-state index contributed by atoms with van der Waals surface area (Å²) in [5, 5.41) is 0. The topological polar surface area (TPSA) is 46.6 Å². The quantitative estimate of drug-likeness (QED) is 0.803. The van der Waals surface area contributed by atoms with Crippen molar-refractivity contribution in [3.63, 3.8) is 0 Å². The van der Waals surface area contributed by atoms with E-state index in [1.54, 1.807) is 0 Å². The summed E-state index contributed by atoms with van der Waals surface area (Å²) in [7, 11) is 0. The number of benzene rings is 2. The van der Waals surface area contributed by atoms with Gasteiger partial charge in [0.25, 0.3) is 5.91 Å². The minimum absolute atomic E-state index is 0.0474. The summed E-state index contributed by atoms with van der Waals surface area (Å²) in [4.78, 5) is 26.7. The van der Waals surface area contributed by atoms with Gasteiger partial charge in [-0.15, -0.1) is 0 Å². The zero-order valence-corrected chi connectivity index (χ0v) is 15.7. The van der Waals surface area contributed by atoms with Crippen LogP contribution in [0.25, 0.3) is 11.1 Å². The van der Waals surface area contributed by atoms with Crippen molar-refractivity contribution >= 4 is 11.7 Å². The molecule has 1 atom stereocenters. The summed E-state index contributed by atoms with van der Waals surface area (Å²) in [5.41, 5.74) is 4.72. The van der Waals surface area contributed by atoms with E-state index in [0.717, 1.165) is 48.1 Å². The number of rotatable bonds is 5. The van der Waals surface area contributed by atoms with Crippen molar-refractivity contribution in [3.05, 3.63) is 59.2 Å². The second-order valence-corrected chi connectivity index (χ2v) is 7.35. The highest BCUT2D eigenvalue weighted by atomic mass is 16.5.